The molecule has 2 aromatic rings. The van der Waals surface area contributed by atoms with Crippen LogP contribution in [0.25, 0.3) is 0 Å². The molecule has 0 saturated carbocycles. The lowest BCUT2D eigenvalue weighted by atomic mass is 9.82. The van der Waals surface area contributed by atoms with Gasteiger partial charge in [0, 0.05) is 40.0 Å². The summed E-state index contributed by atoms with van der Waals surface area (Å²) in [4.78, 5) is 0. The Morgan fingerprint density at radius 1 is 0.615 bits per heavy atom. The second-order valence-corrected chi connectivity index (χ2v) is 6.97. The highest BCUT2D eigenvalue weighted by molar-refractivity contribution is 6.08. The van der Waals surface area contributed by atoms with Gasteiger partial charge in [-0.3, -0.25) is 0 Å². The van der Waals surface area contributed by atoms with Gasteiger partial charge in [-0.15, -0.1) is 0 Å². The average molecular weight is 351 g/mol. The van der Waals surface area contributed by atoms with Crippen LogP contribution in [0.3, 0.4) is 0 Å². The van der Waals surface area contributed by atoms with Gasteiger partial charge in [0.1, 0.15) is 0 Å². The number of hydrogen-bond acceptors (Lipinski definition) is 4. The first-order valence-electron chi connectivity index (χ1n) is 9.02. The molecule has 0 aliphatic heterocycles. The number of hydrazone groups is 2. The summed E-state index contributed by atoms with van der Waals surface area (Å²) in [7, 11) is 7.86. The molecule has 0 spiro atoms. The van der Waals surface area contributed by atoms with E-state index in [9.17, 15) is 0 Å². The Kier molecular flexibility index (Phi) is 6.96. The van der Waals surface area contributed by atoms with E-state index in [2.05, 4.69) is 62.4 Å². The second kappa shape index (κ2) is 9.18. The third-order valence-electron chi connectivity index (χ3n) is 4.37. The van der Waals surface area contributed by atoms with E-state index in [1.54, 1.807) is 0 Å². The molecule has 2 unspecified atom stereocenters. The number of rotatable bonds is 7. The van der Waals surface area contributed by atoms with Gasteiger partial charge in [-0.05, 0) is 11.1 Å². The molecule has 0 amide bonds. The quantitative estimate of drug-likeness (QED) is 0.554. The fraction of sp³-hybridized carbons (Fsp3) is 0.364. The van der Waals surface area contributed by atoms with Crippen LogP contribution in [0.2, 0.25) is 0 Å². The van der Waals surface area contributed by atoms with Crippen molar-refractivity contribution < 1.29 is 0 Å². The molecule has 2 atom stereocenters. The predicted molar refractivity (Wildman–Crippen MR) is 112 cm³/mol. The molecule has 0 bridgehead atoms. The van der Waals surface area contributed by atoms with E-state index in [4.69, 9.17) is 10.2 Å². The molecule has 0 saturated heterocycles. The summed E-state index contributed by atoms with van der Waals surface area (Å²) in [6, 6.07) is 20.8. The molecule has 0 aliphatic rings. The highest BCUT2D eigenvalue weighted by Gasteiger charge is 2.25. The van der Waals surface area contributed by atoms with Crippen LogP contribution in [-0.4, -0.2) is 49.6 Å². The van der Waals surface area contributed by atoms with Gasteiger partial charge in [-0.1, -0.05) is 74.5 Å². The Hall–Kier alpha value is -2.62. The van der Waals surface area contributed by atoms with E-state index in [-0.39, 0.29) is 11.8 Å². The molecule has 0 N–H and O–H groups in total. The van der Waals surface area contributed by atoms with Crippen LogP contribution >= 0.6 is 0 Å². The van der Waals surface area contributed by atoms with Crippen molar-refractivity contribution in [2.45, 2.75) is 13.8 Å². The van der Waals surface area contributed by atoms with Gasteiger partial charge in [0.05, 0.1) is 11.4 Å². The zero-order valence-electron chi connectivity index (χ0n) is 16.7. The van der Waals surface area contributed by atoms with Crippen molar-refractivity contribution in [2.24, 2.45) is 22.0 Å². The summed E-state index contributed by atoms with van der Waals surface area (Å²) in [5.74, 6) is 0.414. The maximum absolute atomic E-state index is 4.80. The van der Waals surface area contributed by atoms with E-state index < -0.39 is 0 Å². The van der Waals surface area contributed by atoms with Crippen LogP contribution in [0, 0.1) is 11.8 Å². The van der Waals surface area contributed by atoms with Crippen LogP contribution in [0.15, 0.2) is 70.9 Å². The summed E-state index contributed by atoms with van der Waals surface area (Å²) in [5.41, 5.74) is 4.45. The minimum absolute atomic E-state index is 0.207. The fourth-order valence-corrected chi connectivity index (χ4v) is 2.95. The number of nitrogens with zero attached hydrogens (tertiary/aromatic N) is 4. The predicted octanol–water partition coefficient (Wildman–Crippen LogP) is 4.19. The Morgan fingerprint density at radius 3 is 1.19 bits per heavy atom. The van der Waals surface area contributed by atoms with Crippen molar-refractivity contribution in [1.29, 1.82) is 0 Å². The Labute approximate surface area is 157 Å². The third-order valence-corrected chi connectivity index (χ3v) is 4.37. The molecule has 4 nitrogen and oxygen atoms in total. The molecule has 2 rings (SSSR count). The van der Waals surface area contributed by atoms with Gasteiger partial charge >= 0.3 is 0 Å². The fourth-order valence-electron chi connectivity index (χ4n) is 2.95. The lowest BCUT2D eigenvalue weighted by molar-refractivity contribution is 0.423. The van der Waals surface area contributed by atoms with E-state index in [0.29, 0.717) is 0 Å². The molecule has 0 fully saturated rings. The van der Waals surface area contributed by atoms with E-state index >= 15 is 0 Å². The van der Waals surface area contributed by atoms with Gasteiger partial charge in [-0.25, -0.2) is 0 Å². The number of benzene rings is 2. The van der Waals surface area contributed by atoms with Crippen LogP contribution in [0.5, 0.6) is 0 Å². The van der Waals surface area contributed by atoms with E-state index in [0.717, 1.165) is 22.6 Å². The van der Waals surface area contributed by atoms with Crippen molar-refractivity contribution in [3.63, 3.8) is 0 Å². The molecular formula is C22H30N4. The smallest absolute Gasteiger partial charge is 0.0712 e. The Bertz CT molecular complexity index is 668. The first kappa shape index (κ1) is 19.7. The summed E-state index contributed by atoms with van der Waals surface area (Å²) >= 11 is 0. The molecule has 4 heteroatoms. The van der Waals surface area contributed by atoms with Crippen molar-refractivity contribution in [2.75, 3.05) is 28.2 Å². The molecular weight excluding hydrogens is 320 g/mol. The molecule has 0 radical (unpaired) electrons. The first-order valence-corrected chi connectivity index (χ1v) is 9.02. The number of hydrogen-bond donors (Lipinski definition) is 0. The van der Waals surface area contributed by atoms with Gasteiger partial charge in [0.15, 0.2) is 0 Å². The molecule has 138 valence electrons. The second-order valence-electron chi connectivity index (χ2n) is 6.97. The summed E-state index contributed by atoms with van der Waals surface area (Å²) in [5, 5.41) is 13.4. The zero-order valence-corrected chi connectivity index (χ0v) is 16.7. The maximum atomic E-state index is 4.80. The molecule has 0 aromatic heterocycles. The van der Waals surface area contributed by atoms with Crippen LogP contribution in [0.4, 0.5) is 0 Å². The van der Waals surface area contributed by atoms with Crippen molar-refractivity contribution >= 4 is 11.4 Å². The van der Waals surface area contributed by atoms with Crippen molar-refractivity contribution in [3.8, 4) is 0 Å². The van der Waals surface area contributed by atoms with Gasteiger partial charge in [-0.2, -0.15) is 10.2 Å². The van der Waals surface area contributed by atoms with Gasteiger partial charge in [0.2, 0.25) is 0 Å². The standard InChI is InChI=1S/C22H30N4/c1-17(21(23-25(3)4)19-13-9-7-10-14-19)18(2)22(24-26(5)6)20-15-11-8-12-16-20/h7-18H,1-6H3. The lowest BCUT2D eigenvalue weighted by Crippen LogP contribution is -2.29. The molecule has 0 aliphatic carbocycles. The van der Waals surface area contributed by atoms with Crippen LogP contribution in [-0.2, 0) is 0 Å². The molecule has 0 heterocycles. The topological polar surface area (TPSA) is 31.2 Å². The van der Waals surface area contributed by atoms with Crippen LogP contribution < -0.4 is 0 Å². The van der Waals surface area contributed by atoms with Crippen LogP contribution in [0.1, 0.15) is 25.0 Å². The molecule has 26 heavy (non-hydrogen) atoms. The third kappa shape index (κ3) is 5.19. The largest absolute Gasteiger partial charge is 0.303 e. The SMILES string of the molecule is CC(C(=NN(C)C)c1ccccc1)C(C)C(=NN(C)C)c1ccccc1. The van der Waals surface area contributed by atoms with E-state index in [1.165, 1.54) is 0 Å². The van der Waals surface area contributed by atoms with Crippen molar-refractivity contribution in [3.05, 3.63) is 71.8 Å². The summed E-state index contributed by atoms with van der Waals surface area (Å²) < 4.78 is 0. The first-order chi connectivity index (χ1) is 12.4. The Balaban J connectivity index is 2.44. The maximum Gasteiger partial charge on any atom is 0.0712 e. The monoisotopic (exact) mass is 350 g/mol. The minimum Gasteiger partial charge on any atom is -0.303 e. The van der Waals surface area contributed by atoms with Gasteiger partial charge in [0.25, 0.3) is 0 Å². The zero-order chi connectivity index (χ0) is 19.1. The average Bonchev–Trinajstić information content (AvgIpc) is 2.64. The highest BCUT2D eigenvalue weighted by atomic mass is 15.4. The van der Waals surface area contributed by atoms with Crippen molar-refractivity contribution in [1.82, 2.24) is 10.0 Å². The summed E-state index contributed by atoms with van der Waals surface area (Å²) in [6.07, 6.45) is 0. The lowest BCUT2D eigenvalue weighted by Gasteiger charge is -2.26. The molecule has 2 aromatic carbocycles. The highest BCUT2D eigenvalue weighted by Crippen LogP contribution is 2.23. The minimum atomic E-state index is 0.207. The Morgan fingerprint density at radius 2 is 0.923 bits per heavy atom. The van der Waals surface area contributed by atoms with E-state index in [1.807, 2.05) is 50.3 Å². The summed E-state index contributed by atoms with van der Waals surface area (Å²) in [6.45, 7) is 4.46. The van der Waals surface area contributed by atoms with Gasteiger partial charge < -0.3 is 10.0 Å². The normalized spacial score (nSPS) is 14.7.